The fraction of sp³-hybridized carbons (Fsp3) is 0.200. The van der Waals surface area contributed by atoms with Crippen molar-refractivity contribution in [3.63, 3.8) is 0 Å². The molecule has 1 N–H and O–H groups in total. The van der Waals surface area contributed by atoms with E-state index in [1.807, 2.05) is 99.8 Å². The average molecular weight is 529 g/mol. The molecule has 0 spiro atoms. The number of ketones is 1. The van der Waals surface area contributed by atoms with E-state index < -0.39 is 23.3 Å². The summed E-state index contributed by atoms with van der Waals surface area (Å²) in [6, 6.07) is 35.8. The molecule has 40 heavy (non-hydrogen) atoms. The third-order valence-electron chi connectivity index (χ3n) is 7.52. The van der Waals surface area contributed by atoms with Crippen molar-refractivity contribution in [2.24, 2.45) is 0 Å². The maximum atomic E-state index is 14.2. The highest BCUT2D eigenvalue weighted by Crippen LogP contribution is 2.39. The van der Waals surface area contributed by atoms with Gasteiger partial charge in [0.2, 0.25) is 0 Å². The Hall–Kier alpha value is -4.48. The lowest BCUT2D eigenvalue weighted by Crippen LogP contribution is -2.54. The van der Waals surface area contributed by atoms with Crippen LogP contribution in [0.5, 0.6) is 0 Å². The smallest absolute Gasteiger partial charge is 0.419 e. The third kappa shape index (κ3) is 4.42. The molecule has 0 amide bonds. The van der Waals surface area contributed by atoms with E-state index in [0.717, 1.165) is 27.6 Å². The molecule has 0 bridgehead atoms. The zero-order chi connectivity index (χ0) is 27.9. The summed E-state index contributed by atoms with van der Waals surface area (Å²) < 4.78 is 7.22. The van der Waals surface area contributed by atoms with Crippen LogP contribution < -0.4 is 5.32 Å². The van der Waals surface area contributed by atoms with E-state index in [1.165, 1.54) is 4.57 Å². The van der Waals surface area contributed by atoms with Gasteiger partial charge in [0.1, 0.15) is 5.60 Å². The van der Waals surface area contributed by atoms with Gasteiger partial charge in [-0.15, -0.1) is 0 Å². The van der Waals surface area contributed by atoms with Crippen molar-refractivity contribution in [3.05, 3.63) is 143 Å². The quantitative estimate of drug-likeness (QED) is 0.247. The number of aromatic nitrogens is 1. The number of rotatable bonds is 5. The van der Waals surface area contributed by atoms with Gasteiger partial charge in [-0.3, -0.25) is 14.7 Å². The molecule has 5 nitrogen and oxygen atoms in total. The Morgan fingerprint density at radius 2 is 1.30 bits per heavy atom. The van der Waals surface area contributed by atoms with E-state index in [2.05, 4.69) is 41.7 Å². The first-order valence-corrected chi connectivity index (χ1v) is 13.6. The number of carbonyl (C=O) groups excluding carboxylic acids is 2. The average Bonchev–Trinajstić information content (AvgIpc) is 3.34. The molecule has 200 valence electrons. The van der Waals surface area contributed by atoms with Crippen molar-refractivity contribution in [2.45, 2.75) is 44.4 Å². The Bertz CT molecular complexity index is 1590. The van der Waals surface area contributed by atoms with Crippen molar-refractivity contribution in [1.29, 1.82) is 0 Å². The van der Waals surface area contributed by atoms with Crippen molar-refractivity contribution < 1.29 is 14.3 Å². The normalized spacial score (nSPS) is 15.3. The molecule has 6 rings (SSSR count). The molecule has 4 aromatic carbocycles. The molecule has 0 radical (unpaired) electrons. The van der Waals surface area contributed by atoms with E-state index in [-0.39, 0.29) is 5.78 Å². The lowest BCUT2D eigenvalue weighted by atomic mass is 9.75. The van der Waals surface area contributed by atoms with Gasteiger partial charge in [-0.1, -0.05) is 103 Å². The molecule has 0 saturated carbocycles. The highest BCUT2D eigenvalue weighted by atomic mass is 16.6. The predicted molar refractivity (Wildman–Crippen MR) is 158 cm³/mol. The number of carbonyl (C=O) groups is 2. The van der Waals surface area contributed by atoms with Gasteiger partial charge in [0.05, 0.1) is 17.1 Å². The Balaban J connectivity index is 1.49. The van der Waals surface area contributed by atoms with Gasteiger partial charge in [-0.05, 0) is 55.5 Å². The molecule has 1 aliphatic carbocycles. The number of Topliss-reactive ketones (excluding diaryl/α,β-unsaturated/α-hetero) is 1. The van der Waals surface area contributed by atoms with Crippen molar-refractivity contribution in [3.8, 4) is 0 Å². The minimum Gasteiger partial charge on any atom is -0.443 e. The first kappa shape index (κ1) is 25.8. The molecule has 1 heterocycles. The van der Waals surface area contributed by atoms with Crippen molar-refractivity contribution >= 4 is 22.8 Å². The van der Waals surface area contributed by atoms with E-state index in [9.17, 15) is 9.59 Å². The highest BCUT2D eigenvalue weighted by Gasteiger charge is 2.42. The molecule has 0 saturated heterocycles. The Kier molecular flexibility index (Phi) is 6.40. The van der Waals surface area contributed by atoms with E-state index in [0.29, 0.717) is 17.5 Å². The van der Waals surface area contributed by atoms with E-state index in [1.54, 1.807) is 0 Å². The Morgan fingerprint density at radius 3 is 1.80 bits per heavy atom. The Labute approximate surface area is 234 Å². The minimum atomic E-state index is -0.788. The monoisotopic (exact) mass is 528 g/mol. The summed E-state index contributed by atoms with van der Waals surface area (Å²) >= 11 is 0. The van der Waals surface area contributed by atoms with Gasteiger partial charge in [0.25, 0.3) is 0 Å². The lowest BCUT2D eigenvalue weighted by molar-refractivity contribution is 0.0544. The molecule has 5 heteroatoms. The van der Waals surface area contributed by atoms with Crippen LogP contribution in [0.4, 0.5) is 4.79 Å². The van der Waals surface area contributed by atoms with Crippen LogP contribution in [0.1, 0.15) is 53.4 Å². The SMILES string of the molecule is CC(C)(C)OC(=O)n1cc2c3c(cccc31)C(=O)C(NC(c1ccccc1)(c1ccccc1)c1ccccc1)C2. The van der Waals surface area contributed by atoms with Gasteiger partial charge in [0, 0.05) is 17.1 Å². The fourth-order valence-corrected chi connectivity index (χ4v) is 5.88. The second-order valence-corrected chi connectivity index (χ2v) is 11.3. The standard InChI is InChI=1S/C35H32N2O3/c1-34(2,3)40-33(39)37-23-24-22-29(32(38)28-20-13-21-30(37)31(24)28)36-35(25-14-7-4-8-15-25,26-16-9-5-10-17-26)27-18-11-6-12-19-27/h4-21,23,29,36H,22H2,1-3H3. The molecule has 0 aliphatic heterocycles. The number of nitrogens with one attached hydrogen (secondary N) is 1. The van der Waals surface area contributed by atoms with Crippen LogP contribution in [0.25, 0.3) is 10.9 Å². The van der Waals surface area contributed by atoms with Crippen LogP contribution in [-0.2, 0) is 16.7 Å². The highest BCUT2D eigenvalue weighted by molar-refractivity contribution is 6.14. The summed E-state index contributed by atoms with van der Waals surface area (Å²) in [6.45, 7) is 5.54. The Morgan fingerprint density at radius 1 is 0.775 bits per heavy atom. The first-order chi connectivity index (χ1) is 19.3. The lowest BCUT2D eigenvalue weighted by Gasteiger charge is -2.40. The van der Waals surface area contributed by atoms with Gasteiger partial charge >= 0.3 is 6.09 Å². The summed E-state index contributed by atoms with van der Waals surface area (Å²) in [5, 5.41) is 4.67. The number of nitrogens with zero attached hydrogens (tertiary/aromatic N) is 1. The van der Waals surface area contributed by atoms with Crippen LogP contribution in [0.2, 0.25) is 0 Å². The zero-order valence-electron chi connectivity index (χ0n) is 22.9. The number of benzene rings is 4. The maximum absolute atomic E-state index is 14.2. The molecule has 0 fully saturated rings. The topological polar surface area (TPSA) is 60.3 Å². The van der Waals surface area contributed by atoms with Gasteiger partial charge < -0.3 is 4.74 Å². The van der Waals surface area contributed by atoms with Crippen LogP contribution in [0.3, 0.4) is 0 Å². The zero-order valence-corrected chi connectivity index (χ0v) is 22.9. The fourth-order valence-electron chi connectivity index (χ4n) is 5.88. The number of hydrogen-bond acceptors (Lipinski definition) is 4. The number of ether oxygens (including phenoxy) is 1. The minimum absolute atomic E-state index is 0.00667. The van der Waals surface area contributed by atoms with Gasteiger partial charge in [-0.2, -0.15) is 0 Å². The molecule has 5 aromatic rings. The van der Waals surface area contributed by atoms with E-state index in [4.69, 9.17) is 4.74 Å². The molecule has 1 aromatic heterocycles. The second kappa shape index (κ2) is 9.92. The summed E-state index contributed by atoms with van der Waals surface area (Å²) in [4.78, 5) is 27.3. The number of hydrogen-bond donors (Lipinski definition) is 1. The molecule has 1 atom stereocenters. The third-order valence-corrected chi connectivity index (χ3v) is 7.52. The van der Waals surface area contributed by atoms with Crippen LogP contribution in [0.15, 0.2) is 115 Å². The summed E-state index contributed by atoms with van der Waals surface area (Å²) in [7, 11) is 0. The van der Waals surface area contributed by atoms with Crippen LogP contribution in [-0.4, -0.2) is 28.1 Å². The summed E-state index contributed by atoms with van der Waals surface area (Å²) in [6.07, 6.45) is 1.82. The summed E-state index contributed by atoms with van der Waals surface area (Å²) in [5.74, 6) is 0.00667. The van der Waals surface area contributed by atoms with Gasteiger partial charge in [0.15, 0.2) is 5.78 Å². The first-order valence-electron chi connectivity index (χ1n) is 13.6. The van der Waals surface area contributed by atoms with Crippen LogP contribution in [0, 0.1) is 0 Å². The van der Waals surface area contributed by atoms with Crippen molar-refractivity contribution in [2.75, 3.05) is 0 Å². The predicted octanol–water partition coefficient (Wildman–Crippen LogP) is 7.11. The maximum Gasteiger partial charge on any atom is 0.419 e. The largest absolute Gasteiger partial charge is 0.443 e. The van der Waals surface area contributed by atoms with Gasteiger partial charge in [-0.25, -0.2) is 4.79 Å². The van der Waals surface area contributed by atoms with Crippen LogP contribution >= 0.6 is 0 Å². The molecular formula is C35H32N2O3. The second-order valence-electron chi connectivity index (χ2n) is 11.3. The molecule has 1 aliphatic rings. The molecule has 1 unspecified atom stereocenters. The summed E-state index contributed by atoms with van der Waals surface area (Å²) in [5.41, 5.74) is 3.93. The van der Waals surface area contributed by atoms with Crippen molar-refractivity contribution in [1.82, 2.24) is 9.88 Å². The van der Waals surface area contributed by atoms with E-state index >= 15 is 0 Å². The molecular weight excluding hydrogens is 496 g/mol.